The Morgan fingerprint density at radius 1 is 0.0966 bits per heavy atom. The van der Waals surface area contributed by atoms with Crippen molar-refractivity contribution in [3.63, 3.8) is 0 Å². The average molecular weight is 1850 g/mol. The summed E-state index contributed by atoms with van der Waals surface area (Å²) in [5.74, 6) is 0. The highest BCUT2D eigenvalue weighted by atomic mass is 15.1. The molecule has 0 unspecified atom stereocenters. The van der Waals surface area contributed by atoms with Crippen LogP contribution in [0.25, 0.3) is 215 Å². The number of aromatic nitrogens is 5. The van der Waals surface area contributed by atoms with Crippen LogP contribution in [0.2, 0.25) is 0 Å². The molecule has 0 fully saturated rings. The van der Waals surface area contributed by atoms with E-state index >= 15 is 0 Å². The highest BCUT2D eigenvalue weighted by Crippen LogP contribution is 2.46. The van der Waals surface area contributed by atoms with Crippen molar-refractivity contribution in [3.05, 3.63) is 564 Å². The fourth-order valence-corrected chi connectivity index (χ4v) is 22.3. The van der Waals surface area contributed by atoms with Crippen LogP contribution in [0.3, 0.4) is 0 Å². The van der Waals surface area contributed by atoms with Crippen molar-refractivity contribution in [2.45, 2.75) is 0 Å². The molecule has 0 aliphatic carbocycles. The van der Waals surface area contributed by atoms with Crippen LogP contribution in [0.15, 0.2) is 564 Å². The van der Waals surface area contributed by atoms with E-state index in [-0.39, 0.29) is 0 Å². The topological polar surface area (TPSA) is 31.1 Å². The van der Waals surface area contributed by atoms with Gasteiger partial charge in [0, 0.05) is 116 Å². The Kier molecular flexibility index (Phi) is 21.2. The molecule has 0 bridgehead atoms. The van der Waals surface area contributed by atoms with Gasteiger partial charge in [0.2, 0.25) is 0 Å². The lowest BCUT2D eigenvalue weighted by atomic mass is 9.98. The fourth-order valence-electron chi connectivity index (χ4n) is 22.3. The second-order valence-electron chi connectivity index (χ2n) is 37.5. The van der Waals surface area contributed by atoms with E-state index in [0.717, 1.165) is 107 Å². The number of nitrogens with zero attached hydrogens (tertiary/aromatic N) is 7. The molecule has 23 aromatic carbocycles. The first kappa shape index (κ1) is 84.9. The molecule has 7 heteroatoms. The average Bonchev–Trinajstić information content (AvgIpc) is 1.62. The van der Waals surface area contributed by atoms with E-state index in [9.17, 15) is 0 Å². The zero-order valence-corrected chi connectivity index (χ0v) is 79.3. The molecule has 28 rings (SSSR count). The number of para-hydroxylation sites is 10. The predicted molar refractivity (Wildman–Crippen MR) is 612 cm³/mol. The third kappa shape index (κ3) is 15.3. The Balaban J connectivity index is 0.000000145. The highest BCUT2D eigenvalue weighted by molar-refractivity contribution is 6.14. The molecule has 0 N–H and O–H groups in total. The first-order chi connectivity index (χ1) is 71.9. The van der Waals surface area contributed by atoms with E-state index < -0.39 is 0 Å². The van der Waals surface area contributed by atoms with Crippen LogP contribution in [-0.2, 0) is 0 Å². The molecule has 0 saturated carbocycles. The Bertz CT molecular complexity index is 8860. The predicted octanol–water partition coefficient (Wildman–Crippen LogP) is 37.5. The van der Waals surface area contributed by atoms with Gasteiger partial charge in [-0.05, 0) is 278 Å². The van der Waals surface area contributed by atoms with E-state index in [0.29, 0.717) is 0 Å². The lowest BCUT2D eigenvalue weighted by molar-refractivity contribution is 1.18. The summed E-state index contributed by atoms with van der Waals surface area (Å²) in [5.41, 5.74) is 40.6. The van der Waals surface area contributed by atoms with Gasteiger partial charge < -0.3 is 32.6 Å². The number of hydrogen-bond acceptors (Lipinski definition) is 2. The molecule has 0 spiro atoms. The number of hydrogen-bond donors (Lipinski definition) is 0. The van der Waals surface area contributed by atoms with Crippen molar-refractivity contribution in [3.8, 4) is 106 Å². The summed E-state index contributed by atoms with van der Waals surface area (Å²) in [6.07, 6.45) is 0. The van der Waals surface area contributed by atoms with Gasteiger partial charge in [-0.2, -0.15) is 0 Å². The van der Waals surface area contributed by atoms with Crippen LogP contribution in [0.5, 0.6) is 0 Å². The molecular weight excluding hydrogens is 1760 g/mol. The van der Waals surface area contributed by atoms with Crippen LogP contribution in [0, 0.1) is 0 Å². The van der Waals surface area contributed by atoms with Gasteiger partial charge in [0.1, 0.15) is 0 Å². The lowest BCUT2D eigenvalue weighted by Crippen LogP contribution is -2.09. The van der Waals surface area contributed by atoms with E-state index in [1.807, 2.05) is 0 Å². The summed E-state index contributed by atoms with van der Waals surface area (Å²) < 4.78 is 11.9. The van der Waals surface area contributed by atoms with Crippen LogP contribution in [0.1, 0.15) is 0 Å². The maximum absolute atomic E-state index is 2.39. The van der Waals surface area contributed by atoms with Crippen LogP contribution in [0.4, 0.5) is 34.1 Å². The van der Waals surface area contributed by atoms with Gasteiger partial charge in [0.05, 0.1) is 55.2 Å². The van der Waals surface area contributed by atoms with Crippen molar-refractivity contribution >= 4 is 143 Å². The Hall–Kier alpha value is -19.3. The molecule has 0 aliphatic heterocycles. The molecule has 0 aliphatic rings. The van der Waals surface area contributed by atoms with Crippen molar-refractivity contribution < 1.29 is 0 Å². The largest absolute Gasteiger partial charge is 0.311 e. The summed E-state index contributed by atoms with van der Waals surface area (Å²) in [7, 11) is 0. The van der Waals surface area contributed by atoms with Gasteiger partial charge in [0.15, 0.2) is 0 Å². The normalized spacial score (nSPS) is 11.6. The maximum Gasteiger partial charge on any atom is 0.0541 e. The van der Waals surface area contributed by atoms with Gasteiger partial charge in [0.25, 0.3) is 0 Å². The van der Waals surface area contributed by atoms with Crippen molar-refractivity contribution in [1.82, 2.24) is 22.8 Å². The highest BCUT2D eigenvalue weighted by Gasteiger charge is 2.24. The molecular formula is C138H93N7. The first-order valence-corrected chi connectivity index (χ1v) is 49.7. The van der Waals surface area contributed by atoms with Gasteiger partial charge in [-0.15, -0.1) is 0 Å². The minimum absolute atomic E-state index is 1.07. The van der Waals surface area contributed by atoms with Crippen LogP contribution in [-0.4, -0.2) is 22.8 Å². The molecule has 145 heavy (non-hydrogen) atoms. The lowest BCUT2D eigenvalue weighted by Gasteiger charge is -2.26. The Morgan fingerprint density at radius 3 is 0.400 bits per heavy atom. The second-order valence-corrected chi connectivity index (χ2v) is 37.5. The quantitative estimate of drug-likeness (QED) is 0.0857. The molecule has 0 saturated heterocycles. The van der Waals surface area contributed by atoms with Gasteiger partial charge in [-0.3, -0.25) is 0 Å². The second kappa shape index (κ2) is 36.1. The molecule has 5 aromatic heterocycles. The molecule has 0 radical (unpaired) electrons. The van der Waals surface area contributed by atoms with Gasteiger partial charge in [-0.1, -0.05) is 364 Å². The molecule has 0 atom stereocenters. The third-order valence-electron chi connectivity index (χ3n) is 29.1. The van der Waals surface area contributed by atoms with E-state index in [1.165, 1.54) is 142 Å². The number of fused-ring (bicyclic) bond motifs is 15. The molecule has 680 valence electrons. The van der Waals surface area contributed by atoms with E-state index in [2.05, 4.69) is 597 Å². The van der Waals surface area contributed by atoms with E-state index in [1.54, 1.807) is 0 Å². The molecule has 7 nitrogen and oxygen atoms in total. The minimum Gasteiger partial charge on any atom is -0.311 e. The monoisotopic (exact) mass is 1850 g/mol. The molecule has 0 amide bonds. The van der Waals surface area contributed by atoms with Crippen molar-refractivity contribution in [2.24, 2.45) is 0 Å². The fraction of sp³-hybridized carbons (Fsp3) is 0. The van der Waals surface area contributed by atoms with Crippen molar-refractivity contribution in [2.75, 3.05) is 9.80 Å². The first-order valence-electron chi connectivity index (χ1n) is 49.7. The molecule has 5 heterocycles. The summed E-state index contributed by atoms with van der Waals surface area (Å²) in [4.78, 5) is 4.73. The zero-order valence-electron chi connectivity index (χ0n) is 79.3. The SMILES string of the molecule is c1cc(-c2ccc(N(c3ccc(-c4cccc(-n5c6ccccc6c6ccccc65)c4)cc3)c3ccc(-c4cccc(-n5c6ccccc6c6ccccc65)c4)cc3)cc2)cc(-n2c3ccccc3c3ccccc32)c1.c1ccc(-c2cccc(-c3ccc(N(c4ccc(-c5cccc(-n6c7ccccc7c7ccccc76)c5)cc4)c4ccc(-c5cccc(-n6c7ccccc7c7ccccc76)c5)cc4)cc3)c2)cc1. The maximum atomic E-state index is 2.39. The molecule has 28 aromatic rings. The van der Waals surface area contributed by atoms with Gasteiger partial charge >= 0.3 is 0 Å². The smallest absolute Gasteiger partial charge is 0.0541 e. The minimum atomic E-state index is 1.07. The summed E-state index contributed by atoms with van der Waals surface area (Å²) >= 11 is 0. The zero-order chi connectivity index (χ0) is 95.8. The Morgan fingerprint density at radius 2 is 0.228 bits per heavy atom. The third-order valence-corrected chi connectivity index (χ3v) is 29.1. The van der Waals surface area contributed by atoms with Gasteiger partial charge in [-0.25, -0.2) is 0 Å². The number of benzene rings is 23. The van der Waals surface area contributed by atoms with Crippen LogP contribution < -0.4 is 9.80 Å². The van der Waals surface area contributed by atoms with E-state index in [4.69, 9.17) is 0 Å². The number of anilines is 6. The summed E-state index contributed by atoms with van der Waals surface area (Å²) in [5, 5.41) is 12.6. The summed E-state index contributed by atoms with van der Waals surface area (Å²) in [6.45, 7) is 0. The number of rotatable bonds is 18. The summed E-state index contributed by atoms with van der Waals surface area (Å²) in [6, 6.07) is 205. The Labute approximate surface area is 840 Å². The van der Waals surface area contributed by atoms with Crippen LogP contribution >= 0.6 is 0 Å². The standard InChI is InChI=1S/C72H48N4.C66H45N3/c1-7-28-67-61(22-1)62-23-2-8-29-68(62)74(67)58-19-13-16-52(46-58)49-34-40-55(41-35-49)73(56-42-36-50(37-43-56)53-17-14-20-59(47-53)75-69-30-9-3-24-63(69)64-25-4-10-31-70(64)75)57-44-38-51(39-45-57)54-18-15-21-60(48-54)76-71-32-11-5-26-65(71)66-27-6-12-33-72(66)76;1-2-15-46(16-3-1)50-17-12-18-51(43-50)47-31-37-54(38-32-47)67(55-39-33-48(34-40-55)52-19-13-21-57(44-52)68-63-27-8-4-23-59(63)60-24-5-9-28-64(60)68)56-41-35-49(36-42-56)53-20-14-22-58(45-53)69-65-29-10-6-25-61(65)62-26-7-11-30-66(62)69/h1-48H;1-45H. The van der Waals surface area contributed by atoms with Crippen molar-refractivity contribution in [1.29, 1.82) is 0 Å².